The first-order valence-electron chi connectivity index (χ1n) is 7.04. The highest BCUT2D eigenvalue weighted by Crippen LogP contribution is 2.28. The third-order valence-electron chi connectivity index (χ3n) is 4.21. The minimum Gasteiger partial charge on any atom is -0.312 e. The van der Waals surface area contributed by atoms with Crippen molar-refractivity contribution in [3.05, 3.63) is 21.3 Å². The van der Waals surface area contributed by atoms with Crippen LogP contribution in [0.2, 0.25) is 4.34 Å². The summed E-state index contributed by atoms with van der Waals surface area (Å²) in [5.74, 6) is 0. The summed E-state index contributed by atoms with van der Waals surface area (Å²) in [7, 11) is 0. The molecule has 3 rings (SSSR count). The van der Waals surface area contributed by atoms with Crippen molar-refractivity contribution in [1.82, 2.24) is 10.2 Å². The fourth-order valence-corrected chi connectivity index (χ4v) is 4.46. The van der Waals surface area contributed by atoms with Gasteiger partial charge in [-0.05, 0) is 50.9 Å². The molecule has 1 aromatic heterocycles. The van der Waals surface area contributed by atoms with Crippen LogP contribution in [0.15, 0.2) is 12.1 Å². The van der Waals surface area contributed by atoms with Crippen LogP contribution in [0, 0.1) is 0 Å². The molecule has 2 fully saturated rings. The molecule has 18 heavy (non-hydrogen) atoms. The van der Waals surface area contributed by atoms with E-state index in [9.17, 15) is 0 Å². The highest BCUT2D eigenvalue weighted by atomic mass is 35.5. The topological polar surface area (TPSA) is 15.3 Å². The van der Waals surface area contributed by atoms with Gasteiger partial charge in [0.25, 0.3) is 0 Å². The zero-order valence-electron chi connectivity index (χ0n) is 10.7. The van der Waals surface area contributed by atoms with E-state index >= 15 is 0 Å². The summed E-state index contributed by atoms with van der Waals surface area (Å²) in [5, 5.41) is 3.68. The van der Waals surface area contributed by atoms with Gasteiger partial charge in [0.1, 0.15) is 0 Å². The van der Waals surface area contributed by atoms with Crippen molar-refractivity contribution in [3.63, 3.8) is 0 Å². The van der Waals surface area contributed by atoms with Crippen LogP contribution in [0.5, 0.6) is 0 Å². The summed E-state index contributed by atoms with van der Waals surface area (Å²) in [6.07, 6.45) is 6.80. The number of nitrogens with one attached hydrogen (secondary N) is 1. The summed E-state index contributed by atoms with van der Waals surface area (Å²) >= 11 is 7.76. The molecule has 0 aromatic carbocycles. The Hall–Kier alpha value is -0.0900. The zero-order chi connectivity index (χ0) is 12.4. The quantitative estimate of drug-likeness (QED) is 0.914. The van der Waals surface area contributed by atoms with Gasteiger partial charge in [0.05, 0.1) is 4.34 Å². The van der Waals surface area contributed by atoms with Crippen LogP contribution in [0.25, 0.3) is 0 Å². The van der Waals surface area contributed by atoms with E-state index in [4.69, 9.17) is 11.6 Å². The maximum Gasteiger partial charge on any atom is 0.0931 e. The Morgan fingerprint density at radius 2 is 2.22 bits per heavy atom. The molecule has 0 aliphatic carbocycles. The maximum absolute atomic E-state index is 6.03. The minimum absolute atomic E-state index is 0.723. The third-order valence-corrected chi connectivity index (χ3v) is 5.43. The second-order valence-corrected chi connectivity index (χ2v) is 7.24. The summed E-state index contributed by atoms with van der Waals surface area (Å²) < 4.78 is 0.914. The predicted octanol–water partition coefficient (Wildman–Crippen LogP) is 3.51. The van der Waals surface area contributed by atoms with Crippen LogP contribution in [0.4, 0.5) is 0 Å². The third kappa shape index (κ3) is 2.90. The van der Waals surface area contributed by atoms with Crippen molar-refractivity contribution < 1.29 is 0 Å². The Balaban J connectivity index is 1.67. The van der Waals surface area contributed by atoms with Crippen LogP contribution in [-0.2, 0) is 6.54 Å². The molecule has 0 amide bonds. The van der Waals surface area contributed by atoms with E-state index in [1.165, 1.54) is 50.1 Å². The molecular formula is C14H21ClN2S. The van der Waals surface area contributed by atoms with Gasteiger partial charge in [-0.15, -0.1) is 11.3 Å². The van der Waals surface area contributed by atoms with E-state index in [1.54, 1.807) is 11.3 Å². The molecule has 2 unspecified atom stereocenters. The average Bonchev–Trinajstić information content (AvgIpc) is 3.02. The molecule has 2 atom stereocenters. The highest BCUT2D eigenvalue weighted by Gasteiger charge is 2.31. The van der Waals surface area contributed by atoms with Crippen molar-refractivity contribution in [2.45, 2.75) is 50.7 Å². The SMILES string of the molecule is Clc1ccc(CN2CCCCC2C2CCCN2)s1. The first-order valence-corrected chi connectivity index (χ1v) is 8.24. The molecule has 0 spiro atoms. The van der Waals surface area contributed by atoms with Crippen LogP contribution in [0.3, 0.4) is 0 Å². The fraction of sp³-hybridized carbons (Fsp3) is 0.714. The molecule has 2 aliphatic heterocycles. The number of hydrogen-bond acceptors (Lipinski definition) is 3. The van der Waals surface area contributed by atoms with Crippen molar-refractivity contribution in [2.75, 3.05) is 13.1 Å². The second-order valence-electron chi connectivity index (χ2n) is 5.44. The molecule has 4 heteroatoms. The monoisotopic (exact) mass is 284 g/mol. The number of hydrogen-bond donors (Lipinski definition) is 1. The number of halogens is 1. The van der Waals surface area contributed by atoms with Crippen molar-refractivity contribution in [2.24, 2.45) is 0 Å². The van der Waals surface area contributed by atoms with E-state index in [1.807, 2.05) is 6.07 Å². The van der Waals surface area contributed by atoms with E-state index in [0.717, 1.165) is 23.0 Å². The molecule has 2 nitrogen and oxygen atoms in total. The number of piperidine rings is 1. The van der Waals surface area contributed by atoms with Crippen molar-refractivity contribution in [3.8, 4) is 0 Å². The van der Waals surface area contributed by atoms with Crippen LogP contribution in [0.1, 0.15) is 37.0 Å². The Morgan fingerprint density at radius 3 is 2.94 bits per heavy atom. The Kier molecular flexibility index (Phi) is 4.24. The normalized spacial score (nSPS) is 29.8. The molecule has 3 heterocycles. The summed E-state index contributed by atoms with van der Waals surface area (Å²) in [6, 6.07) is 5.66. The zero-order valence-corrected chi connectivity index (χ0v) is 12.3. The molecule has 0 bridgehead atoms. The summed E-state index contributed by atoms with van der Waals surface area (Å²) in [6.45, 7) is 3.54. The van der Waals surface area contributed by atoms with E-state index < -0.39 is 0 Å². The number of thiophene rings is 1. The van der Waals surface area contributed by atoms with Gasteiger partial charge in [-0.1, -0.05) is 18.0 Å². The summed E-state index contributed by atoms with van der Waals surface area (Å²) in [5.41, 5.74) is 0. The van der Waals surface area contributed by atoms with E-state index in [-0.39, 0.29) is 0 Å². The van der Waals surface area contributed by atoms with Gasteiger partial charge >= 0.3 is 0 Å². The lowest BCUT2D eigenvalue weighted by atomic mass is 9.94. The Morgan fingerprint density at radius 1 is 1.28 bits per heavy atom. The molecule has 0 radical (unpaired) electrons. The van der Waals surface area contributed by atoms with Gasteiger partial charge in [0.2, 0.25) is 0 Å². The van der Waals surface area contributed by atoms with Gasteiger partial charge in [0, 0.05) is 23.5 Å². The van der Waals surface area contributed by atoms with Crippen molar-refractivity contribution in [1.29, 1.82) is 0 Å². The molecule has 2 aliphatic rings. The smallest absolute Gasteiger partial charge is 0.0931 e. The van der Waals surface area contributed by atoms with Gasteiger partial charge in [-0.3, -0.25) is 4.90 Å². The average molecular weight is 285 g/mol. The molecule has 1 aromatic rings. The lowest BCUT2D eigenvalue weighted by molar-refractivity contribution is 0.113. The van der Waals surface area contributed by atoms with E-state index in [0.29, 0.717) is 0 Å². The molecule has 2 saturated heterocycles. The number of nitrogens with zero attached hydrogens (tertiary/aromatic N) is 1. The van der Waals surface area contributed by atoms with Gasteiger partial charge < -0.3 is 5.32 Å². The largest absolute Gasteiger partial charge is 0.312 e. The lowest BCUT2D eigenvalue weighted by Crippen LogP contribution is -2.49. The first kappa shape index (κ1) is 12.9. The molecule has 0 saturated carbocycles. The predicted molar refractivity (Wildman–Crippen MR) is 78.4 cm³/mol. The lowest BCUT2D eigenvalue weighted by Gasteiger charge is -2.39. The standard InChI is InChI=1S/C14H21ClN2S/c15-14-7-6-11(18-14)10-17-9-2-1-5-13(17)12-4-3-8-16-12/h6-7,12-13,16H,1-5,8-10H2. The van der Waals surface area contributed by atoms with Gasteiger partial charge in [-0.25, -0.2) is 0 Å². The Bertz CT molecular complexity index is 387. The fourth-order valence-electron chi connectivity index (χ4n) is 3.35. The molecule has 100 valence electrons. The maximum atomic E-state index is 6.03. The Labute approximate surface area is 118 Å². The highest BCUT2D eigenvalue weighted by molar-refractivity contribution is 7.16. The minimum atomic E-state index is 0.723. The van der Waals surface area contributed by atoms with E-state index in [2.05, 4.69) is 16.3 Å². The summed E-state index contributed by atoms with van der Waals surface area (Å²) in [4.78, 5) is 4.08. The van der Waals surface area contributed by atoms with Gasteiger partial charge in [0.15, 0.2) is 0 Å². The van der Waals surface area contributed by atoms with Gasteiger partial charge in [-0.2, -0.15) is 0 Å². The number of rotatable bonds is 3. The van der Waals surface area contributed by atoms with Crippen LogP contribution < -0.4 is 5.32 Å². The number of likely N-dealkylation sites (tertiary alicyclic amines) is 1. The first-order chi connectivity index (χ1) is 8.83. The second kappa shape index (κ2) is 5.91. The van der Waals surface area contributed by atoms with Crippen LogP contribution in [-0.4, -0.2) is 30.1 Å². The molecule has 1 N–H and O–H groups in total. The van der Waals surface area contributed by atoms with Crippen molar-refractivity contribution >= 4 is 22.9 Å². The molecular weight excluding hydrogens is 264 g/mol. The van der Waals surface area contributed by atoms with Crippen LogP contribution >= 0.6 is 22.9 Å².